The Labute approximate surface area is 108 Å². The monoisotopic (exact) mass is 248 g/mol. The number of nitrogens with zero attached hydrogens (tertiary/aromatic N) is 1. The number of fused-ring (bicyclic) bond motifs is 1. The third-order valence-corrected chi connectivity index (χ3v) is 3.43. The summed E-state index contributed by atoms with van der Waals surface area (Å²) in [7, 11) is 5.22. The van der Waals surface area contributed by atoms with Gasteiger partial charge in [-0.25, -0.2) is 0 Å². The van der Waals surface area contributed by atoms with Gasteiger partial charge in [0.25, 0.3) is 0 Å². The van der Waals surface area contributed by atoms with E-state index in [9.17, 15) is 4.79 Å². The minimum absolute atomic E-state index is 0.103. The zero-order valence-corrected chi connectivity index (χ0v) is 11.2. The Morgan fingerprint density at radius 2 is 2.28 bits per heavy atom. The first kappa shape index (κ1) is 12.9. The molecule has 0 aliphatic heterocycles. The van der Waals surface area contributed by atoms with Crippen molar-refractivity contribution in [3.63, 3.8) is 0 Å². The van der Waals surface area contributed by atoms with Crippen LogP contribution in [0.15, 0.2) is 18.2 Å². The van der Waals surface area contributed by atoms with Crippen LogP contribution in [-0.2, 0) is 11.2 Å². The fraction of sp³-hybridized carbons (Fsp3) is 0.500. The van der Waals surface area contributed by atoms with Crippen LogP contribution in [0.3, 0.4) is 0 Å². The zero-order valence-electron chi connectivity index (χ0n) is 11.2. The highest BCUT2D eigenvalue weighted by molar-refractivity contribution is 5.77. The van der Waals surface area contributed by atoms with Gasteiger partial charge in [-0.1, -0.05) is 6.07 Å². The molecule has 0 aromatic heterocycles. The number of ether oxygens (including phenoxy) is 1. The van der Waals surface area contributed by atoms with Gasteiger partial charge in [-0.05, 0) is 36.1 Å². The second-order valence-electron chi connectivity index (χ2n) is 4.83. The van der Waals surface area contributed by atoms with Gasteiger partial charge < -0.3 is 15.0 Å². The van der Waals surface area contributed by atoms with Gasteiger partial charge in [0.2, 0.25) is 5.91 Å². The maximum Gasteiger partial charge on any atom is 0.236 e. The van der Waals surface area contributed by atoms with E-state index in [1.54, 1.807) is 26.1 Å². The lowest BCUT2D eigenvalue weighted by molar-refractivity contribution is -0.127. The molecule has 0 fully saturated rings. The molecule has 1 atom stereocenters. The smallest absolute Gasteiger partial charge is 0.236 e. The van der Waals surface area contributed by atoms with Crippen molar-refractivity contribution in [2.24, 2.45) is 0 Å². The summed E-state index contributed by atoms with van der Waals surface area (Å²) in [6.07, 6.45) is 2.11. The molecule has 0 spiro atoms. The molecule has 1 aliphatic rings. The Morgan fingerprint density at radius 1 is 1.50 bits per heavy atom. The molecule has 4 heteroatoms. The number of likely N-dealkylation sites (N-methyl/N-ethyl adjacent to an activating group) is 1. The standard InChI is InChI=1S/C14H20N2O2/c1-16(2)14(17)9-15-13-7-5-10-4-6-11(18-3)8-12(10)13/h4,6,8,13,15H,5,7,9H2,1-3H3. The van der Waals surface area contributed by atoms with Gasteiger partial charge in [0.05, 0.1) is 13.7 Å². The molecule has 2 rings (SSSR count). The van der Waals surface area contributed by atoms with Gasteiger partial charge in [0.1, 0.15) is 5.75 Å². The third-order valence-electron chi connectivity index (χ3n) is 3.43. The number of carbonyl (C=O) groups is 1. The first-order valence-electron chi connectivity index (χ1n) is 6.22. The lowest BCUT2D eigenvalue weighted by atomic mass is 10.1. The summed E-state index contributed by atoms with van der Waals surface area (Å²) in [5.41, 5.74) is 2.62. The third kappa shape index (κ3) is 2.64. The first-order chi connectivity index (χ1) is 8.61. The maximum atomic E-state index is 11.6. The van der Waals surface area contributed by atoms with E-state index in [1.165, 1.54) is 11.1 Å². The average molecular weight is 248 g/mol. The van der Waals surface area contributed by atoms with Crippen LogP contribution < -0.4 is 10.1 Å². The van der Waals surface area contributed by atoms with Crippen molar-refractivity contribution in [2.75, 3.05) is 27.7 Å². The summed E-state index contributed by atoms with van der Waals surface area (Å²) in [6.45, 7) is 0.383. The Balaban J connectivity index is 2.04. The number of carbonyl (C=O) groups excluding carboxylic acids is 1. The highest BCUT2D eigenvalue weighted by atomic mass is 16.5. The summed E-state index contributed by atoms with van der Waals surface area (Å²) in [6, 6.07) is 6.44. The predicted octanol–water partition coefficient (Wildman–Crippen LogP) is 1.36. The van der Waals surface area contributed by atoms with E-state index in [4.69, 9.17) is 4.74 Å². The molecule has 1 N–H and O–H groups in total. The Kier molecular flexibility index (Phi) is 3.87. The van der Waals surface area contributed by atoms with Crippen LogP contribution in [0.25, 0.3) is 0 Å². The lowest BCUT2D eigenvalue weighted by Crippen LogP contribution is -2.34. The summed E-state index contributed by atoms with van der Waals surface area (Å²) >= 11 is 0. The molecule has 0 saturated carbocycles. The molecule has 1 unspecified atom stereocenters. The van der Waals surface area contributed by atoms with E-state index < -0.39 is 0 Å². The predicted molar refractivity (Wildman–Crippen MR) is 70.8 cm³/mol. The molecular weight excluding hydrogens is 228 g/mol. The van der Waals surface area contributed by atoms with Gasteiger partial charge >= 0.3 is 0 Å². The number of hydrogen-bond donors (Lipinski definition) is 1. The molecule has 0 heterocycles. The number of amides is 1. The number of nitrogens with one attached hydrogen (secondary N) is 1. The molecule has 1 amide bonds. The van der Waals surface area contributed by atoms with Crippen LogP contribution in [0.5, 0.6) is 5.75 Å². The van der Waals surface area contributed by atoms with Crippen LogP contribution in [0, 0.1) is 0 Å². The maximum absolute atomic E-state index is 11.6. The number of hydrogen-bond acceptors (Lipinski definition) is 3. The summed E-state index contributed by atoms with van der Waals surface area (Å²) < 4.78 is 5.25. The second kappa shape index (κ2) is 5.40. The normalized spacial score (nSPS) is 17.4. The fourth-order valence-electron chi connectivity index (χ4n) is 2.29. The van der Waals surface area contributed by atoms with Crippen molar-refractivity contribution < 1.29 is 9.53 Å². The number of rotatable bonds is 4. The van der Waals surface area contributed by atoms with E-state index in [1.807, 2.05) is 6.07 Å². The Hall–Kier alpha value is -1.55. The van der Waals surface area contributed by atoms with Gasteiger partial charge in [0.15, 0.2) is 0 Å². The van der Waals surface area contributed by atoms with E-state index in [-0.39, 0.29) is 11.9 Å². The van der Waals surface area contributed by atoms with E-state index in [0.29, 0.717) is 6.54 Å². The van der Waals surface area contributed by atoms with Crippen molar-refractivity contribution in [3.05, 3.63) is 29.3 Å². The number of aryl methyl sites for hydroxylation is 1. The number of methoxy groups -OCH3 is 1. The minimum Gasteiger partial charge on any atom is -0.497 e. The quantitative estimate of drug-likeness (QED) is 0.874. The van der Waals surface area contributed by atoms with E-state index >= 15 is 0 Å². The second-order valence-corrected chi connectivity index (χ2v) is 4.83. The van der Waals surface area contributed by atoms with Crippen LogP contribution in [0.1, 0.15) is 23.6 Å². The van der Waals surface area contributed by atoms with Crippen molar-refractivity contribution >= 4 is 5.91 Å². The SMILES string of the molecule is COc1ccc2c(c1)C(NCC(=O)N(C)C)CC2. The van der Waals surface area contributed by atoms with Crippen LogP contribution in [0.2, 0.25) is 0 Å². The minimum atomic E-state index is 0.103. The topological polar surface area (TPSA) is 41.6 Å². The molecule has 18 heavy (non-hydrogen) atoms. The van der Waals surface area contributed by atoms with Crippen LogP contribution in [-0.4, -0.2) is 38.6 Å². The molecule has 0 bridgehead atoms. The molecule has 1 aromatic carbocycles. The van der Waals surface area contributed by atoms with E-state index in [2.05, 4.69) is 17.4 Å². The summed E-state index contributed by atoms with van der Waals surface area (Å²) in [4.78, 5) is 13.2. The average Bonchev–Trinajstić information content (AvgIpc) is 2.77. The largest absolute Gasteiger partial charge is 0.497 e. The molecule has 4 nitrogen and oxygen atoms in total. The van der Waals surface area contributed by atoms with Gasteiger partial charge in [-0.15, -0.1) is 0 Å². The Morgan fingerprint density at radius 3 is 2.94 bits per heavy atom. The zero-order chi connectivity index (χ0) is 13.1. The highest BCUT2D eigenvalue weighted by Crippen LogP contribution is 2.33. The molecule has 1 aromatic rings. The fourth-order valence-corrected chi connectivity index (χ4v) is 2.29. The number of benzene rings is 1. The molecular formula is C14H20N2O2. The summed E-state index contributed by atoms with van der Waals surface area (Å²) in [5.74, 6) is 0.979. The van der Waals surface area contributed by atoms with Crippen molar-refractivity contribution in [1.82, 2.24) is 10.2 Å². The van der Waals surface area contributed by atoms with Crippen molar-refractivity contribution in [3.8, 4) is 5.75 Å². The summed E-state index contributed by atoms with van der Waals surface area (Å²) in [5, 5.41) is 3.32. The highest BCUT2D eigenvalue weighted by Gasteiger charge is 2.23. The van der Waals surface area contributed by atoms with Crippen LogP contribution >= 0.6 is 0 Å². The molecule has 0 radical (unpaired) electrons. The Bertz CT molecular complexity index is 443. The van der Waals surface area contributed by atoms with Gasteiger partial charge in [-0.3, -0.25) is 4.79 Å². The lowest BCUT2D eigenvalue weighted by Gasteiger charge is -2.16. The van der Waals surface area contributed by atoms with Gasteiger partial charge in [-0.2, -0.15) is 0 Å². The van der Waals surface area contributed by atoms with Gasteiger partial charge in [0, 0.05) is 20.1 Å². The molecule has 98 valence electrons. The van der Waals surface area contributed by atoms with E-state index in [0.717, 1.165) is 18.6 Å². The molecule has 0 saturated heterocycles. The first-order valence-corrected chi connectivity index (χ1v) is 6.22. The van der Waals surface area contributed by atoms with Crippen molar-refractivity contribution in [2.45, 2.75) is 18.9 Å². The van der Waals surface area contributed by atoms with Crippen LogP contribution in [0.4, 0.5) is 0 Å². The molecule has 1 aliphatic carbocycles. The van der Waals surface area contributed by atoms with Crippen molar-refractivity contribution in [1.29, 1.82) is 0 Å².